The summed E-state index contributed by atoms with van der Waals surface area (Å²) in [5.74, 6) is 0. The van der Waals surface area contributed by atoms with Gasteiger partial charge in [-0.1, -0.05) is 29.3 Å². The van der Waals surface area contributed by atoms with Gasteiger partial charge in [0.2, 0.25) is 0 Å². The van der Waals surface area contributed by atoms with Crippen LogP contribution in [0.4, 0.5) is 11.4 Å². The fourth-order valence-electron chi connectivity index (χ4n) is 1.75. The van der Waals surface area contributed by atoms with Gasteiger partial charge in [0.15, 0.2) is 0 Å². The summed E-state index contributed by atoms with van der Waals surface area (Å²) >= 11 is 12.3. The van der Waals surface area contributed by atoms with Crippen LogP contribution in [0.2, 0.25) is 10.0 Å². The van der Waals surface area contributed by atoms with Gasteiger partial charge in [-0.2, -0.15) is 5.26 Å². The first-order chi connectivity index (χ1) is 9.01. The minimum atomic E-state index is 0.568. The first kappa shape index (κ1) is 13.7. The summed E-state index contributed by atoms with van der Waals surface area (Å²) in [6, 6.07) is 11.3. The van der Waals surface area contributed by atoms with E-state index in [1.54, 1.807) is 18.2 Å². The summed E-state index contributed by atoms with van der Waals surface area (Å²) in [5, 5.41) is 13.5. The molecule has 0 radical (unpaired) electrons. The number of halogens is 2. The summed E-state index contributed by atoms with van der Waals surface area (Å²) in [7, 11) is 0. The van der Waals surface area contributed by atoms with Crippen molar-refractivity contribution in [1.29, 1.82) is 5.26 Å². The Hall–Kier alpha value is -1.69. The van der Waals surface area contributed by atoms with E-state index in [0.29, 0.717) is 21.3 Å². The highest BCUT2D eigenvalue weighted by molar-refractivity contribution is 6.35. The van der Waals surface area contributed by atoms with Crippen LogP contribution in [0, 0.1) is 25.2 Å². The van der Waals surface area contributed by atoms with E-state index in [0.717, 1.165) is 16.8 Å². The number of nitrogens with zero attached hydrogens (tertiary/aromatic N) is 1. The summed E-state index contributed by atoms with van der Waals surface area (Å²) in [6.07, 6.45) is 0. The molecular formula is C15H12Cl2N2. The van der Waals surface area contributed by atoms with Gasteiger partial charge < -0.3 is 5.32 Å². The molecule has 0 spiro atoms. The van der Waals surface area contributed by atoms with Crippen molar-refractivity contribution in [1.82, 2.24) is 0 Å². The largest absolute Gasteiger partial charge is 0.353 e. The maximum Gasteiger partial charge on any atom is 0.101 e. The Kier molecular flexibility index (Phi) is 3.99. The Morgan fingerprint density at radius 1 is 1.00 bits per heavy atom. The normalized spacial score (nSPS) is 10.1. The molecule has 0 bridgehead atoms. The molecule has 1 N–H and O–H groups in total. The van der Waals surface area contributed by atoms with Crippen LogP contribution in [-0.4, -0.2) is 0 Å². The van der Waals surface area contributed by atoms with Gasteiger partial charge >= 0.3 is 0 Å². The molecule has 0 aromatic heterocycles. The van der Waals surface area contributed by atoms with Gasteiger partial charge in [0.1, 0.15) is 6.07 Å². The van der Waals surface area contributed by atoms with Crippen molar-refractivity contribution in [3.8, 4) is 6.07 Å². The molecule has 96 valence electrons. The fourth-order valence-corrected chi connectivity index (χ4v) is 2.18. The van der Waals surface area contributed by atoms with Gasteiger partial charge in [-0.15, -0.1) is 0 Å². The highest BCUT2D eigenvalue weighted by Gasteiger charge is 2.08. The molecule has 0 heterocycles. The number of benzene rings is 2. The number of nitrogens with one attached hydrogen (secondary N) is 1. The lowest BCUT2D eigenvalue weighted by Gasteiger charge is -2.12. The van der Waals surface area contributed by atoms with Crippen LogP contribution in [0.5, 0.6) is 0 Å². The van der Waals surface area contributed by atoms with Gasteiger partial charge in [0, 0.05) is 5.02 Å². The number of rotatable bonds is 2. The molecule has 0 unspecified atom stereocenters. The molecule has 2 rings (SSSR count). The molecule has 2 nitrogen and oxygen atoms in total. The molecule has 0 aliphatic carbocycles. The third-order valence-electron chi connectivity index (χ3n) is 2.81. The molecule has 2 aromatic rings. The van der Waals surface area contributed by atoms with E-state index in [1.165, 1.54) is 0 Å². The third-order valence-corrected chi connectivity index (χ3v) is 3.53. The molecule has 19 heavy (non-hydrogen) atoms. The van der Waals surface area contributed by atoms with Crippen molar-refractivity contribution < 1.29 is 0 Å². The smallest absolute Gasteiger partial charge is 0.101 e. The van der Waals surface area contributed by atoms with Crippen molar-refractivity contribution >= 4 is 34.6 Å². The Balaban J connectivity index is 2.45. The molecule has 0 saturated carbocycles. The maximum atomic E-state index is 9.11. The number of hydrogen-bond acceptors (Lipinski definition) is 2. The Bertz CT molecular complexity index is 673. The van der Waals surface area contributed by atoms with E-state index in [1.807, 2.05) is 26.0 Å². The maximum absolute atomic E-state index is 9.11. The highest BCUT2D eigenvalue weighted by Crippen LogP contribution is 2.32. The van der Waals surface area contributed by atoms with Crippen LogP contribution >= 0.6 is 23.2 Å². The number of nitriles is 1. The highest BCUT2D eigenvalue weighted by atomic mass is 35.5. The predicted octanol–water partition coefficient (Wildman–Crippen LogP) is 5.23. The Labute approximate surface area is 122 Å². The summed E-state index contributed by atoms with van der Waals surface area (Å²) in [5.41, 5.74) is 3.97. The summed E-state index contributed by atoms with van der Waals surface area (Å²) < 4.78 is 0. The van der Waals surface area contributed by atoms with Gasteiger partial charge in [0.25, 0.3) is 0 Å². The molecular weight excluding hydrogens is 279 g/mol. The number of aryl methyl sites for hydroxylation is 2. The lowest BCUT2D eigenvalue weighted by Crippen LogP contribution is -1.96. The fraction of sp³-hybridized carbons (Fsp3) is 0.133. The SMILES string of the molecule is Cc1ccc(C#N)c(Nc2cc(Cl)c(C)cc2Cl)c1. The lowest BCUT2D eigenvalue weighted by atomic mass is 10.1. The zero-order valence-corrected chi connectivity index (χ0v) is 12.1. The van der Waals surface area contributed by atoms with Crippen molar-refractivity contribution in [2.75, 3.05) is 5.32 Å². The van der Waals surface area contributed by atoms with E-state index in [9.17, 15) is 0 Å². The minimum absolute atomic E-state index is 0.568. The molecule has 0 atom stereocenters. The Morgan fingerprint density at radius 3 is 2.42 bits per heavy atom. The van der Waals surface area contributed by atoms with Crippen LogP contribution in [0.3, 0.4) is 0 Å². The first-order valence-corrected chi connectivity index (χ1v) is 6.50. The van der Waals surface area contributed by atoms with Crippen molar-refractivity contribution in [2.24, 2.45) is 0 Å². The second-order valence-electron chi connectivity index (χ2n) is 4.37. The van der Waals surface area contributed by atoms with Crippen molar-refractivity contribution in [3.05, 3.63) is 57.1 Å². The van der Waals surface area contributed by atoms with E-state index in [4.69, 9.17) is 28.5 Å². The minimum Gasteiger partial charge on any atom is -0.353 e. The van der Waals surface area contributed by atoms with E-state index in [-0.39, 0.29) is 0 Å². The predicted molar refractivity (Wildman–Crippen MR) is 80.4 cm³/mol. The van der Waals surface area contributed by atoms with Crippen LogP contribution in [0.15, 0.2) is 30.3 Å². The monoisotopic (exact) mass is 290 g/mol. The van der Waals surface area contributed by atoms with Gasteiger partial charge in [-0.05, 0) is 49.2 Å². The van der Waals surface area contributed by atoms with E-state index >= 15 is 0 Å². The van der Waals surface area contributed by atoms with Gasteiger partial charge in [-0.25, -0.2) is 0 Å². The van der Waals surface area contributed by atoms with Gasteiger partial charge in [-0.3, -0.25) is 0 Å². The standard InChI is InChI=1S/C15H12Cl2N2/c1-9-3-4-11(8-18)14(5-9)19-15-7-12(16)10(2)6-13(15)17/h3-7,19H,1-2H3. The molecule has 4 heteroatoms. The Morgan fingerprint density at radius 2 is 1.74 bits per heavy atom. The first-order valence-electron chi connectivity index (χ1n) is 5.74. The lowest BCUT2D eigenvalue weighted by molar-refractivity contribution is 1.40. The van der Waals surface area contributed by atoms with Crippen LogP contribution in [-0.2, 0) is 0 Å². The third kappa shape index (κ3) is 3.01. The van der Waals surface area contributed by atoms with Crippen molar-refractivity contribution in [3.63, 3.8) is 0 Å². The number of anilines is 2. The zero-order chi connectivity index (χ0) is 14.0. The van der Waals surface area contributed by atoms with E-state index in [2.05, 4.69) is 11.4 Å². The zero-order valence-electron chi connectivity index (χ0n) is 10.6. The van der Waals surface area contributed by atoms with E-state index < -0.39 is 0 Å². The molecule has 0 fully saturated rings. The summed E-state index contributed by atoms with van der Waals surface area (Å²) in [6.45, 7) is 3.86. The average molecular weight is 291 g/mol. The van der Waals surface area contributed by atoms with Crippen LogP contribution in [0.25, 0.3) is 0 Å². The van der Waals surface area contributed by atoms with Crippen LogP contribution < -0.4 is 5.32 Å². The number of hydrogen-bond donors (Lipinski definition) is 1. The second kappa shape index (κ2) is 5.52. The molecule has 0 aliphatic heterocycles. The van der Waals surface area contributed by atoms with Gasteiger partial charge in [0.05, 0.1) is 22.0 Å². The quantitative estimate of drug-likeness (QED) is 0.822. The molecule has 0 amide bonds. The molecule has 0 saturated heterocycles. The topological polar surface area (TPSA) is 35.8 Å². The molecule has 0 aliphatic rings. The molecule has 2 aromatic carbocycles. The second-order valence-corrected chi connectivity index (χ2v) is 5.18. The van der Waals surface area contributed by atoms with Crippen LogP contribution in [0.1, 0.15) is 16.7 Å². The average Bonchev–Trinajstić information content (AvgIpc) is 2.36. The summed E-state index contributed by atoms with van der Waals surface area (Å²) in [4.78, 5) is 0. The van der Waals surface area contributed by atoms with Crippen molar-refractivity contribution in [2.45, 2.75) is 13.8 Å².